The molecule has 1 N–H and O–H groups in total. The number of aliphatic carboxylic acids is 1. The highest BCUT2D eigenvalue weighted by molar-refractivity contribution is 5.87. The van der Waals surface area contributed by atoms with Crippen molar-refractivity contribution in [3.8, 4) is 0 Å². The predicted octanol–water partition coefficient (Wildman–Crippen LogP) is 3.64. The van der Waals surface area contributed by atoms with Crippen LogP contribution in [0.2, 0.25) is 0 Å². The number of nitrogens with zero attached hydrogens (tertiary/aromatic N) is 5. The number of halogens is 3. The number of hydrogen-bond acceptors (Lipinski definition) is 5. The molecule has 0 bridgehead atoms. The minimum absolute atomic E-state index is 0.0397. The Balaban J connectivity index is 0.000000479. The summed E-state index contributed by atoms with van der Waals surface area (Å²) in [6.45, 7) is 8.47. The number of aromatic nitrogens is 3. The fourth-order valence-electron chi connectivity index (χ4n) is 5.17. The Morgan fingerprint density at radius 3 is 2.51 bits per heavy atom. The first kappa shape index (κ1) is 28.1. The van der Waals surface area contributed by atoms with Crippen LogP contribution in [0.15, 0.2) is 36.8 Å². The van der Waals surface area contributed by atoms with Crippen molar-refractivity contribution >= 4 is 17.8 Å². The second kappa shape index (κ2) is 11.3. The van der Waals surface area contributed by atoms with Gasteiger partial charge in [-0.15, -0.1) is 0 Å². The van der Waals surface area contributed by atoms with Gasteiger partial charge in [0.05, 0.1) is 5.41 Å². The molecule has 0 aliphatic carbocycles. The molecule has 2 fully saturated rings. The van der Waals surface area contributed by atoms with E-state index in [1.807, 2.05) is 52.0 Å². The molecule has 2 aliphatic heterocycles. The zero-order valence-electron chi connectivity index (χ0n) is 21.1. The highest BCUT2D eigenvalue weighted by atomic mass is 19.4. The average Bonchev–Trinajstić information content (AvgIpc) is 3.48. The molecule has 2 aliphatic rings. The van der Waals surface area contributed by atoms with Crippen molar-refractivity contribution in [3.63, 3.8) is 0 Å². The fourth-order valence-corrected chi connectivity index (χ4v) is 5.17. The maximum atomic E-state index is 13.9. The lowest BCUT2D eigenvalue weighted by molar-refractivity contribution is -0.192. The van der Waals surface area contributed by atoms with Crippen LogP contribution in [0, 0.1) is 5.41 Å². The molecule has 202 valence electrons. The molecule has 4 rings (SSSR count). The average molecular weight is 524 g/mol. The lowest BCUT2D eigenvalue weighted by Gasteiger charge is -2.42. The molecule has 2 aromatic heterocycles. The normalized spacial score (nSPS) is 21.8. The first-order valence-electron chi connectivity index (χ1n) is 12.2. The molecule has 2 atom stereocenters. The molecular weight excluding hydrogens is 491 g/mol. The molecule has 0 aromatic carbocycles. The Morgan fingerprint density at radius 1 is 1.24 bits per heavy atom. The number of pyridine rings is 1. The fraction of sp³-hybridized carbons (Fsp3) is 0.560. The number of amides is 2. The number of rotatable bonds is 5. The third kappa shape index (κ3) is 6.11. The maximum Gasteiger partial charge on any atom is 0.490 e. The van der Waals surface area contributed by atoms with E-state index in [1.165, 1.54) is 0 Å². The van der Waals surface area contributed by atoms with E-state index in [-0.39, 0.29) is 23.8 Å². The summed E-state index contributed by atoms with van der Waals surface area (Å²) in [6.07, 6.45) is 2.50. The Kier molecular flexibility index (Phi) is 8.60. The summed E-state index contributed by atoms with van der Waals surface area (Å²) < 4.78 is 33.7. The Bertz CT molecular complexity index is 1110. The lowest BCUT2D eigenvalue weighted by atomic mass is 9.70. The summed E-state index contributed by atoms with van der Waals surface area (Å²) >= 11 is 0. The van der Waals surface area contributed by atoms with E-state index in [9.17, 15) is 22.8 Å². The van der Waals surface area contributed by atoms with E-state index in [1.54, 1.807) is 6.20 Å². The standard InChI is InChI=1S/C23H31N5O2.C2HF3O2/c1-4-21(29)27-15-19(20-8-11-25-28(20)17(2)3)23(16-27)9-6-12-26(22(23)30)14-18-7-5-10-24-13-18;3-2(4,5)1(6)7/h5,7-8,10-11,13,17,19H,4,6,9,12,14-16H2,1-3H3;(H,6,7)/t19-,23+;/m0./s1. The van der Waals surface area contributed by atoms with Gasteiger partial charge >= 0.3 is 12.1 Å². The molecular formula is C25H32F3N5O4. The number of hydrogen-bond donors (Lipinski definition) is 1. The van der Waals surface area contributed by atoms with Crippen LogP contribution in [0.3, 0.4) is 0 Å². The van der Waals surface area contributed by atoms with Gasteiger partial charge in [-0.05, 0) is 44.4 Å². The molecule has 4 heterocycles. The van der Waals surface area contributed by atoms with Crippen LogP contribution < -0.4 is 0 Å². The summed E-state index contributed by atoms with van der Waals surface area (Å²) in [4.78, 5) is 43.5. The van der Waals surface area contributed by atoms with Crippen LogP contribution in [-0.2, 0) is 20.9 Å². The smallest absolute Gasteiger partial charge is 0.475 e. The first-order chi connectivity index (χ1) is 17.4. The van der Waals surface area contributed by atoms with Crippen LogP contribution in [0.25, 0.3) is 0 Å². The van der Waals surface area contributed by atoms with Crippen molar-refractivity contribution in [2.45, 2.75) is 64.7 Å². The molecule has 2 amide bonds. The van der Waals surface area contributed by atoms with Gasteiger partial charge in [0.15, 0.2) is 0 Å². The lowest BCUT2D eigenvalue weighted by Crippen LogP contribution is -2.52. The van der Waals surface area contributed by atoms with E-state index in [2.05, 4.69) is 23.9 Å². The van der Waals surface area contributed by atoms with Gasteiger partial charge in [-0.2, -0.15) is 18.3 Å². The van der Waals surface area contributed by atoms with Crippen molar-refractivity contribution in [1.82, 2.24) is 24.6 Å². The molecule has 2 aromatic rings. The summed E-state index contributed by atoms with van der Waals surface area (Å²) in [5, 5.41) is 11.6. The summed E-state index contributed by atoms with van der Waals surface area (Å²) in [5.41, 5.74) is 1.51. The first-order valence-corrected chi connectivity index (χ1v) is 12.2. The van der Waals surface area contributed by atoms with Gasteiger partial charge in [0.2, 0.25) is 11.8 Å². The largest absolute Gasteiger partial charge is 0.490 e. The Hall–Kier alpha value is -3.44. The minimum atomic E-state index is -5.08. The van der Waals surface area contributed by atoms with E-state index < -0.39 is 17.6 Å². The number of carboxylic acid groups (broad SMARTS) is 1. The Morgan fingerprint density at radius 2 is 1.95 bits per heavy atom. The third-order valence-electron chi connectivity index (χ3n) is 6.85. The second-order valence-corrected chi connectivity index (χ2v) is 9.63. The molecule has 37 heavy (non-hydrogen) atoms. The third-order valence-corrected chi connectivity index (χ3v) is 6.85. The molecule has 1 spiro atoms. The van der Waals surface area contributed by atoms with Crippen LogP contribution in [0.5, 0.6) is 0 Å². The monoisotopic (exact) mass is 523 g/mol. The number of piperidine rings is 1. The van der Waals surface area contributed by atoms with Gasteiger partial charge in [0.1, 0.15) is 0 Å². The van der Waals surface area contributed by atoms with E-state index in [0.717, 1.165) is 30.6 Å². The van der Waals surface area contributed by atoms with Crippen molar-refractivity contribution in [3.05, 3.63) is 48.0 Å². The van der Waals surface area contributed by atoms with Gasteiger partial charge in [-0.1, -0.05) is 13.0 Å². The highest BCUT2D eigenvalue weighted by Crippen LogP contribution is 2.50. The molecule has 0 saturated carbocycles. The van der Waals surface area contributed by atoms with Crippen LogP contribution in [0.4, 0.5) is 13.2 Å². The summed E-state index contributed by atoms with van der Waals surface area (Å²) in [7, 11) is 0. The van der Waals surface area contributed by atoms with E-state index in [0.29, 0.717) is 26.1 Å². The second-order valence-electron chi connectivity index (χ2n) is 9.63. The van der Waals surface area contributed by atoms with Crippen molar-refractivity contribution in [1.29, 1.82) is 0 Å². The van der Waals surface area contributed by atoms with Crippen LogP contribution >= 0.6 is 0 Å². The van der Waals surface area contributed by atoms with E-state index >= 15 is 0 Å². The summed E-state index contributed by atoms with van der Waals surface area (Å²) in [6, 6.07) is 6.14. The van der Waals surface area contributed by atoms with Crippen molar-refractivity contribution in [2.75, 3.05) is 19.6 Å². The van der Waals surface area contributed by atoms with Gasteiger partial charge in [0, 0.05) is 68.8 Å². The van der Waals surface area contributed by atoms with E-state index in [4.69, 9.17) is 9.90 Å². The molecule has 12 heteroatoms. The summed E-state index contributed by atoms with van der Waals surface area (Å²) in [5.74, 6) is -2.52. The Labute approximate surface area is 213 Å². The number of alkyl halides is 3. The zero-order chi connectivity index (χ0) is 27.4. The number of likely N-dealkylation sites (tertiary alicyclic amines) is 2. The quantitative estimate of drug-likeness (QED) is 0.641. The van der Waals surface area contributed by atoms with Gasteiger partial charge in [0.25, 0.3) is 0 Å². The highest BCUT2D eigenvalue weighted by Gasteiger charge is 2.56. The zero-order valence-corrected chi connectivity index (χ0v) is 21.1. The van der Waals surface area contributed by atoms with Gasteiger partial charge in [-0.25, -0.2) is 4.79 Å². The number of carboxylic acids is 1. The van der Waals surface area contributed by atoms with Gasteiger partial charge < -0.3 is 14.9 Å². The SMILES string of the molecule is CCC(=O)N1C[C@@H](c2ccnn2C(C)C)[C@@]2(CCCN(Cc3cccnc3)C2=O)C1.O=C(O)C(F)(F)F. The number of carbonyl (C=O) groups excluding carboxylic acids is 2. The topological polar surface area (TPSA) is 109 Å². The molecule has 2 saturated heterocycles. The van der Waals surface area contributed by atoms with Crippen molar-refractivity contribution in [2.24, 2.45) is 5.41 Å². The molecule has 9 nitrogen and oxygen atoms in total. The van der Waals surface area contributed by atoms with Gasteiger partial charge in [-0.3, -0.25) is 19.3 Å². The maximum absolute atomic E-state index is 13.9. The van der Waals surface area contributed by atoms with Crippen molar-refractivity contribution < 1.29 is 32.7 Å². The number of carbonyl (C=O) groups is 3. The molecule has 0 radical (unpaired) electrons. The molecule has 0 unspecified atom stereocenters. The van der Waals surface area contributed by atoms with Crippen LogP contribution in [-0.4, -0.2) is 73.3 Å². The minimum Gasteiger partial charge on any atom is -0.475 e. The van der Waals surface area contributed by atoms with Crippen LogP contribution in [0.1, 0.15) is 63.3 Å². The predicted molar refractivity (Wildman–Crippen MR) is 127 cm³/mol.